The summed E-state index contributed by atoms with van der Waals surface area (Å²) in [7, 11) is 2.03. The molecule has 0 bridgehead atoms. The van der Waals surface area contributed by atoms with Crippen molar-refractivity contribution in [2.75, 3.05) is 39.9 Å². The zero-order valence-electron chi connectivity index (χ0n) is 34.4. The van der Waals surface area contributed by atoms with Crippen LogP contribution >= 0.6 is 0 Å². The first kappa shape index (κ1) is 48.4. The highest BCUT2D eigenvalue weighted by molar-refractivity contribution is 5.77. The van der Waals surface area contributed by atoms with Gasteiger partial charge in [-0.1, -0.05) is 163 Å². The van der Waals surface area contributed by atoms with Gasteiger partial charge in [0.15, 0.2) is 0 Å². The summed E-state index contributed by atoms with van der Waals surface area (Å²) in [5, 5.41) is 0. The summed E-state index contributed by atoms with van der Waals surface area (Å²) in [5.74, 6) is -0.356. The third-order valence-corrected chi connectivity index (χ3v) is 10.6. The number of ether oxygens (including phenoxy) is 2. The first-order valence-electron chi connectivity index (χ1n) is 21.6. The molecule has 0 aromatic rings. The number of esters is 2. The standard InChI is InChI=1S/C43H84N2O5/c1-8-13-17-21-25-29-39(30-26-22-18-14-9-2)42(47)49-35-33-45(41(46)37-38(6)44(7)12-5)34-36-50-43(48)40(31-27-23-19-15-10-3)32-28-24-20-16-11-4/h38-40H,8-37H2,1-7H3. The number of unbranched alkanes of at least 4 members (excludes halogenated alkanes) is 16. The second-order valence-electron chi connectivity index (χ2n) is 15.0. The summed E-state index contributed by atoms with van der Waals surface area (Å²) in [6.45, 7) is 14.9. The smallest absolute Gasteiger partial charge is 0.308 e. The van der Waals surface area contributed by atoms with Crippen molar-refractivity contribution < 1.29 is 23.9 Å². The molecule has 0 aliphatic carbocycles. The van der Waals surface area contributed by atoms with Gasteiger partial charge in [-0.2, -0.15) is 0 Å². The van der Waals surface area contributed by atoms with Crippen molar-refractivity contribution in [3.8, 4) is 0 Å². The molecule has 0 fully saturated rings. The SMILES string of the molecule is CCCCCCCC(CCCCCCC)C(=O)OCCN(CCOC(=O)C(CCCCCCC)CCCCCCC)C(=O)CC(C)N(C)CC. The van der Waals surface area contributed by atoms with Crippen LogP contribution in [-0.2, 0) is 23.9 Å². The van der Waals surface area contributed by atoms with Crippen LogP contribution in [0.25, 0.3) is 0 Å². The van der Waals surface area contributed by atoms with E-state index in [1.54, 1.807) is 4.90 Å². The largest absolute Gasteiger partial charge is 0.464 e. The zero-order valence-corrected chi connectivity index (χ0v) is 34.4. The third-order valence-electron chi connectivity index (χ3n) is 10.6. The first-order valence-corrected chi connectivity index (χ1v) is 21.6. The normalized spacial score (nSPS) is 12.2. The predicted molar refractivity (Wildman–Crippen MR) is 211 cm³/mol. The predicted octanol–water partition coefficient (Wildman–Crippen LogP) is 11.3. The van der Waals surface area contributed by atoms with E-state index in [-0.39, 0.29) is 48.9 Å². The Morgan fingerprint density at radius 3 is 1.12 bits per heavy atom. The molecular weight excluding hydrogens is 624 g/mol. The molecule has 0 rings (SSSR count). The van der Waals surface area contributed by atoms with E-state index in [2.05, 4.69) is 46.4 Å². The molecule has 0 saturated carbocycles. The maximum absolute atomic E-state index is 13.5. The second kappa shape index (κ2) is 34.5. The molecule has 1 atom stereocenters. The molecule has 1 unspecified atom stereocenters. The van der Waals surface area contributed by atoms with Crippen LogP contribution in [0.1, 0.15) is 202 Å². The number of nitrogens with zero attached hydrogens (tertiary/aromatic N) is 2. The minimum atomic E-state index is -0.116. The number of carbonyl (C=O) groups is 3. The lowest BCUT2D eigenvalue weighted by Gasteiger charge is -2.28. The Hall–Kier alpha value is -1.63. The van der Waals surface area contributed by atoms with Crippen molar-refractivity contribution in [3.63, 3.8) is 0 Å². The Labute approximate surface area is 310 Å². The van der Waals surface area contributed by atoms with Crippen LogP contribution in [0.5, 0.6) is 0 Å². The molecule has 296 valence electrons. The Balaban J connectivity index is 5.32. The van der Waals surface area contributed by atoms with Crippen LogP contribution in [0.3, 0.4) is 0 Å². The lowest BCUT2D eigenvalue weighted by atomic mass is 9.94. The Morgan fingerprint density at radius 1 is 0.500 bits per heavy atom. The van der Waals surface area contributed by atoms with E-state index in [4.69, 9.17) is 9.47 Å². The number of rotatable bonds is 36. The molecule has 0 aromatic carbocycles. The maximum Gasteiger partial charge on any atom is 0.308 e. The van der Waals surface area contributed by atoms with Gasteiger partial charge in [-0.25, -0.2) is 0 Å². The highest BCUT2D eigenvalue weighted by Gasteiger charge is 2.24. The summed E-state index contributed by atoms with van der Waals surface area (Å²) < 4.78 is 11.7. The second-order valence-corrected chi connectivity index (χ2v) is 15.0. The Bertz CT molecular complexity index is 728. The molecule has 0 saturated heterocycles. The fourth-order valence-electron chi connectivity index (χ4n) is 6.70. The molecule has 7 heteroatoms. The molecule has 0 radical (unpaired) electrons. The third kappa shape index (κ3) is 26.2. The molecule has 0 aromatic heterocycles. The van der Waals surface area contributed by atoms with Gasteiger partial charge in [0.1, 0.15) is 13.2 Å². The van der Waals surface area contributed by atoms with Crippen molar-refractivity contribution in [3.05, 3.63) is 0 Å². The molecule has 0 aliphatic heterocycles. The fourth-order valence-corrected chi connectivity index (χ4v) is 6.70. The van der Waals surface area contributed by atoms with E-state index in [9.17, 15) is 14.4 Å². The van der Waals surface area contributed by atoms with Crippen molar-refractivity contribution in [1.29, 1.82) is 0 Å². The minimum absolute atomic E-state index is 0.0108. The van der Waals surface area contributed by atoms with Crippen LogP contribution in [0, 0.1) is 11.8 Å². The highest BCUT2D eigenvalue weighted by Crippen LogP contribution is 2.22. The van der Waals surface area contributed by atoms with Gasteiger partial charge in [-0.05, 0) is 46.2 Å². The van der Waals surface area contributed by atoms with Gasteiger partial charge in [0.25, 0.3) is 0 Å². The quantitative estimate of drug-likeness (QED) is 0.0476. The Morgan fingerprint density at radius 2 is 0.820 bits per heavy atom. The number of amides is 1. The molecule has 0 N–H and O–H groups in total. The summed E-state index contributed by atoms with van der Waals surface area (Å²) in [4.78, 5) is 44.0. The lowest BCUT2D eigenvalue weighted by molar-refractivity contribution is -0.152. The summed E-state index contributed by atoms with van der Waals surface area (Å²) in [6, 6.07) is 0.0923. The van der Waals surface area contributed by atoms with E-state index in [1.807, 2.05) is 7.05 Å². The van der Waals surface area contributed by atoms with Crippen LogP contribution in [0.2, 0.25) is 0 Å². The van der Waals surface area contributed by atoms with Crippen molar-refractivity contribution >= 4 is 17.8 Å². The summed E-state index contributed by atoms with van der Waals surface area (Å²) >= 11 is 0. The lowest BCUT2D eigenvalue weighted by Crippen LogP contribution is -2.41. The first-order chi connectivity index (χ1) is 24.2. The number of hydrogen-bond donors (Lipinski definition) is 0. The van der Waals surface area contributed by atoms with Crippen LogP contribution in [0.4, 0.5) is 0 Å². The monoisotopic (exact) mass is 709 g/mol. The molecule has 0 spiro atoms. The number of hydrogen-bond acceptors (Lipinski definition) is 6. The van der Waals surface area contributed by atoms with E-state index in [0.29, 0.717) is 19.5 Å². The van der Waals surface area contributed by atoms with E-state index in [1.165, 1.54) is 77.0 Å². The van der Waals surface area contributed by atoms with E-state index < -0.39 is 0 Å². The maximum atomic E-state index is 13.5. The van der Waals surface area contributed by atoms with Gasteiger partial charge < -0.3 is 19.3 Å². The van der Waals surface area contributed by atoms with E-state index in [0.717, 1.165) is 83.6 Å². The van der Waals surface area contributed by atoms with Crippen molar-refractivity contribution in [2.45, 2.75) is 208 Å². The van der Waals surface area contributed by atoms with Gasteiger partial charge >= 0.3 is 11.9 Å². The van der Waals surface area contributed by atoms with Crippen molar-refractivity contribution in [1.82, 2.24) is 9.80 Å². The fraction of sp³-hybridized carbons (Fsp3) is 0.930. The summed E-state index contributed by atoms with van der Waals surface area (Å²) in [5.41, 5.74) is 0. The van der Waals surface area contributed by atoms with Gasteiger partial charge in [0, 0.05) is 12.5 Å². The van der Waals surface area contributed by atoms with Crippen molar-refractivity contribution in [2.24, 2.45) is 11.8 Å². The molecule has 1 amide bonds. The molecule has 7 nitrogen and oxygen atoms in total. The van der Waals surface area contributed by atoms with Gasteiger partial charge in [0.05, 0.1) is 24.9 Å². The van der Waals surface area contributed by atoms with Gasteiger partial charge in [-0.15, -0.1) is 0 Å². The van der Waals surface area contributed by atoms with Crippen LogP contribution in [-0.4, -0.2) is 73.6 Å². The molecule has 0 heterocycles. The van der Waals surface area contributed by atoms with Gasteiger partial charge in [0.2, 0.25) is 5.91 Å². The minimum Gasteiger partial charge on any atom is -0.464 e. The molecule has 50 heavy (non-hydrogen) atoms. The van der Waals surface area contributed by atoms with Crippen LogP contribution in [0.15, 0.2) is 0 Å². The molecular formula is C43H84N2O5. The zero-order chi connectivity index (χ0) is 37.2. The topological polar surface area (TPSA) is 76.1 Å². The van der Waals surface area contributed by atoms with Crippen LogP contribution < -0.4 is 0 Å². The summed E-state index contributed by atoms with van der Waals surface area (Å²) in [6.07, 6.45) is 27.5. The highest BCUT2D eigenvalue weighted by atomic mass is 16.5. The Kier molecular flexibility index (Phi) is 33.3. The average Bonchev–Trinajstić information content (AvgIpc) is 3.11. The average molecular weight is 709 g/mol. The van der Waals surface area contributed by atoms with E-state index >= 15 is 0 Å². The number of carbonyl (C=O) groups excluding carboxylic acids is 3. The van der Waals surface area contributed by atoms with Gasteiger partial charge in [-0.3, -0.25) is 14.4 Å². The molecule has 0 aliphatic rings.